The second-order valence-electron chi connectivity index (χ2n) is 9.16. The fourth-order valence-electron chi connectivity index (χ4n) is 7.13. The standard InChI is InChI=1S/C19H30O3/c1-18-8-7-12(20)9-11(18)3-4-13-14-5-6-16(22)19(14,2)10-15(21)17(13)18/h11-15,17,20-21H,3-10H2,1-2H3/t11-,12-,13+,14-,15+,17+,18+,19+/m1/s1. The maximum absolute atomic E-state index is 12.4. The molecule has 0 aromatic heterocycles. The van der Waals surface area contributed by atoms with Crippen LogP contribution in [0, 0.1) is 34.5 Å². The van der Waals surface area contributed by atoms with Crippen molar-refractivity contribution in [2.75, 3.05) is 0 Å². The molecule has 4 rings (SSSR count). The van der Waals surface area contributed by atoms with E-state index in [1.807, 2.05) is 0 Å². The summed E-state index contributed by atoms with van der Waals surface area (Å²) in [6, 6.07) is 0. The Labute approximate surface area is 133 Å². The van der Waals surface area contributed by atoms with Crippen LogP contribution in [-0.4, -0.2) is 28.2 Å². The van der Waals surface area contributed by atoms with E-state index in [2.05, 4.69) is 13.8 Å². The van der Waals surface area contributed by atoms with Gasteiger partial charge in [-0.25, -0.2) is 0 Å². The first kappa shape index (κ1) is 15.1. The first-order valence-corrected chi connectivity index (χ1v) is 9.25. The van der Waals surface area contributed by atoms with Gasteiger partial charge in [0.05, 0.1) is 12.2 Å². The van der Waals surface area contributed by atoms with Crippen LogP contribution in [0.4, 0.5) is 0 Å². The Balaban J connectivity index is 1.69. The van der Waals surface area contributed by atoms with Crippen LogP contribution in [-0.2, 0) is 4.79 Å². The molecule has 0 aliphatic heterocycles. The van der Waals surface area contributed by atoms with Gasteiger partial charge in [-0.05, 0) is 74.0 Å². The van der Waals surface area contributed by atoms with E-state index in [1.54, 1.807) is 0 Å². The Morgan fingerprint density at radius 2 is 1.86 bits per heavy atom. The van der Waals surface area contributed by atoms with Crippen molar-refractivity contribution < 1.29 is 15.0 Å². The third kappa shape index (κ3) is 1.84. The lowest BCUT2D eigenvalue weighted by Gasteiger charge is -2.61. The minimum atomic E-state index is -0.337. The van der Waals surface area contributed by atoms with E-state index in [9.17, 15) is 15.0 Å². The van der Waals surface area contributed by atoms with Crippen LogP contribution in [0.15, 0.2) is 0 Å². The Morgan fingerprint density at radius 3 is 2.64 bits per heavy atom. The van der Waals surface area contributed by atoms with Crippen molar-refractivity contribution in [2.24, 2.45) is 34.5 Å². The number of hydrogen-bond donors (Lipinski definition) is 2. The summed E-state index contributed by atoms with van der Waals surface area (Å²) >= 11 is 0. The van der Waals surface area contributed by atoms with Gasteiger partial charge < -0.3 is 10.2 Å². The third-order valence-corrected chi connectivity index (χ3v) is 8.28. The molecule has 22 heavy (non-hydrogen) atoms. The summed E-state index contributed by atoms with van der Waals surface area (Å²) in [6.45, 7) is 4.48. The van der Waals surface area contributed by atoms with Gasteiger partial charge in [0.1, 0.15) is 5.78 Å². The lowest BCUT2D eigenvalue weighted by atomic mass is 9.44. The molecule has 0 spiro atoms. The summed E-state index contributed by atoms with van der Waals surface area (Å²) < 4.78 is 0. The van der Waals surface area contributed by atoms with Gasteiger partial charge in [0.15, 0.2) is 0 Å². The topological polar surface area (TPSA) is 57.5 Å². The maximum Gasteiger partial charge on any atom is 0.139 e. The smallest absolute Gasteiger partial charge is 0.139 e. The van der Waals surface area contributed by atoms with E-state index >= 15 is 0 Å². The zero-order chi connectivity index (χ0) is 15.7. The van der Waals surface area contributed by atoms with Gasteiger partial charge in [0, 0.05) is 11.8 Å². The minimum absolute atomic E-state index is 0.145. The van der Waals surface area contributed by atoms with Gasteiger partial charge in [-0.2, -0.15) is 0 Å². The highest BCUT2D eigenvalue weighted by Crippen LogP contribution is 2.65. The van der Waals surface area contributed by atoms with Crippen molar-refractivity contribution in [2.45, 2.75) is 77.4 Å². The SMILES string of the molecule is C[C@]12CC[C@@H](O)C[C@H]1CC[C@@H]1[C@H]2[C@@H](O)C[C@]2(C)C(=O)CC[C@H]12. The van der Waals surface area contributed by atoms with Crippen LogP contribution in [0.2, 0.25) is 0 Å². The molecule has 2 N–H and O–H groups in total. The highest BCUT2D eigenvalue weighted by atomic mass is 16.3. The van der Waals surface area contributed by atoms with Crippen molar-refractivity contribution in [3.63, 3.8) is 0 Å². The molecule has 4 fully saturated rings. The summed E-state index contributed by atoms with van der Waals surface area (Å²) in [5.41, 5.74) is -0.105. The predicted molar refractivity (Wildman–Crippen MR) is 84.1 cm³/mol. The highest BCUT2D eigenvalue weighted by Gasteiger charge is 2.63. The summed E-state index contributed by atoms with van der Waals surface area (Å²) in [4.78, 5) is 12.4. The zero-order valence-corrected chi connectivity index (χ0v) is 13.9. The Morgan fingerprint density at radius 1 is 1.09 bits per heavy atom. The number of Topliss-reactive ketones (excluding diaryl/α,β-unsaturated/α-hetero) is 1. The number of aliphatic hydroxyl groups excluding tert-OH is 2. The van der Waals surface area contributed by atoms with E-state index < -0.39 is 0 Å². The molecular formula is C19H30O3. The fourth-order valence-corrected chi connectivity index (χ4v) is 7.13. The van der Waals surface area contributed by atoms with Crippen molar-refractivity contribution in [1.29, 1.82) is 0 Å². The molecule has 8 atom stereocenters. The summed E-state index contributed by atoms with van der Waals surface area (Å²) in [5, 5.41) is 21.0. The number of hydrogen-bond acceptors (Lipinski definition) is 3. The lowest BCUT2D eigenvalue weighted by molar-refractivity contribution is -0.175. The second-order valence-corrected chi connectivity index (χ2v) is 9.16. The normalized spacial score (nSPS) is 57.9. The molecule has 0 aromatic carbocycles. The van der Waals surface area contributed by atoms with Crippen molar-refractivity contribution in [1.82, 2.24) is 0 Å². The largest absolute Gasteiger partial charge is 0.393 e. The highest BCUT2D eigenvalue weighted by molar-refractivity contribution is 5.87. The molecule has 4 aliphatic rings. The number of aliphatic hydroxyl groups is 2. The van der Waals surface area contributed by atoms with Gasteiger partial charge in [-0.3, -0.25) is 4.79 Å². The van der Waals surface area contributed by atoms with Gasteiger partial charge in [0.2, 0.25) is 0 Å². The van der Waals surface area contributed by atoms with Crippen LogP contribution >= 0.6 is 0 Å². The van der Waals surface area contributed by atoms with Crippen LogP contribution < -0.4 is 0 Å². The summed E-state index contributed by atoms with van der Waals surface area (Å²) in [6.07, 6.45) is 7.08. The molecule has 3 nitrogen and oxygen atoms in total. The van der Waals surface area contributed by atoms with Gasteiger partial charge in [0.25, 0.3) is 0 Å². The van der Waals surface area contributed by atoms with Crippen LogP contribution in [0.5, 0.6) is 0 Å². The number of fused-ring (bicyclic) bond motifs is 5. The number of carbonyl (C=O) groups is 1. The van der Waals surface area contributed by atoms with Crippen LogP contribution in [0.3, 0.4) is 0 Å². The molecule has 124 valence electrons. The van der Waals surface area contributed by atoms with E-state index in [1.165, 1.54) is 6.42 Å². The Bertz CT molecular complexity index is 489. The van der Waals surface area contributed by atoms with E-state index in [4.69, 9.17) is 0 Å². The maximum atomic E-state index is 12.4. The van der Waals surface area contributed by atoms with E-state index in [0.29, 0.717) is 35.9 Å². The Hall–Kier alpha value is -0.410. The zero-order valence-electron chi connectivity index (χ0n) is 13.9. The first-order chi connectivity index (χ1) is 10.4. The van der Waals surface area contributed by atoms with Crippen molar-refractivity contribution in [3.8, 4) is 0 Å². The van der Waals surface area contributed by atoms with E-state index in [0.717, 1.165) is 38.5 Å². The lowest BCUT2D eigenvalue weighted by Crippen LogP contribution is -2.59. The summed E-state index contributed by atoms with van der Waals surface area (Å²) in [5.74, 6) is 2.27. The van der Waals surface area contributed by atoms with Crippen LogP contribution in [0.25, 0.3) is 0 Å². The molecule has 0 heterocycles. The molecular weight excluding hydrogens is 276 g/mol. The predicted octanol–water partition coefficient (Wildman–Crippen LogP) is 2.93. The van der Waals surface area contributed by atoms with Crippen molar-refractivity contribution >= 4 is 5.78 Å². The quantitative estimate of drug-likeness (QED) is 0.723. The van der Waals surface area contributed by atoms with Gasteiger partial charge >= 0.3 is 0 Å². The molecule has 0 aromatic rings. The minimum Gasteiger partial charge on any atom is -0.393 e. The van der Waals surface area contributed by atoms with Gasteiger partial charge in [-0.15, -0.1) is 0 Å². The first-order valence-electron chi connectivity index (χ1n) is 9.25. The second kappa shape index (κ2) is 4.80. The monoisotopic (exact) mass is 306 g/mol. The van der Waals surface area contributed by atoms with Crippen LogP contribution in [0.1, 0.15) is 65.2 Å². The summed E-state index contributed by atoms with van der Waals surface area (Å²) in [7, 11) is 0. The molecule has 4 aliphatic carbocycles. The van der Waals surface area contributed by atoms with Crippen molar-refractivity contribution in [3.05, 3.63) is 0 Å². The fraction of sp³-hybridized carbons (Fsp3) is 0.947. The molecule has 0 amide bonds. The molecule has 0 unspecified atom stereocenters. The number of rotatable bonds is 0. The number of ketones is 1. The van der Waals surface area contributed by atoms with E-state index in [-0.39, 0.29) is 23.0 Å². The van der Waals surface area contributed by atoms with Gasteiger partial charge in [-0.1, -0.05) is 13.8 Å². The number of carbonyl (C=O) groups excluding carboxylic acids is 1. The average Bonchev–Trinajstić information content (AvgIpc) is 2.75. The molecule has 0 saturated heterocycles. The molecule has 3 heteroatoms. The third-order valence-electron chi connectivity index (χ3n) is 8.28. The molecule has 0 bridgehead atoms. The average molecular weight is 306 g/mol. The molecule has 0 radical (unpaired) electrons. The molecule has 4 saturated carbocycles. The Kier molecular flexibility index (Phi) is 3.30.